The van der Waals surface area contributed by atoms with Crippen molar-refractivity contribution < 1.29 is 4.79 Å². The third-order valence-corrected chi connectivity index (χ3v) is 3.74. The van der Waals surface area contributed by atoms with E-state index in [1.165, 1.54) is 0 Å². The Kier molecular flexibility index (Phi) is 2.92. The lowest BCUT2D eigenvalue weighted by Gasteiger charge is -2.26. The van der Waals surface area contributed by atoms with Gasteiger partial charge in [-0.15, -0.1) is 0 Å². The highest BCUT2D eigenvalue weighted by Gasteiger charge is 2.24. The van der Waals surface area contributed by atoms with E-state index in [1.807, 2.05) is 36.4 Å². The average Bonchev–Trinajstić information content (AvgIpc) is 2.40. The van der Waals surface area contributed by atoms with E-state index in [9.17, 15) is 4.79 Å². The zero-order valence-corrected chi connectivity index (χ0v) is 11.3. The first-order valence-corrected chi connectivity index (χ1v) is 6.67. The Bertz CT molecular complexity index is 595. The maximum Gasteiger partial charge on any atom is 0.252 e. The number of halogens is 1. The summed E-state index contributed by atoms with van der Waals surface area (Å²) in [6.07, 6.45) is 0.846. The molecule has 0 unspecified atom stereocenters. The molecule has 0 fully saturated rings. The van der Waals surface area contributed by atoms with Gasteiger partial charge in [-0.1, -0.05) is 52.3 Å². The number of benzene rings is 2. The molecule has 3 rings (SSSR count). The SMILES string of the molecule is O=C1N[C@@H](c2ccccc2)Cc2ccc(Br)cc21. The fourth-order valence-electron chi connectivity index (χ4n) is 2.33. The summed E-state index contributed by atoms with van der Waals surface area (Å²) in [7, 11) is 0. The number of carbonyl (C=O) groups is 1. The number of rotatable bonds is 1. The van der Waals surface area contributed by atoms with Crippen molar-refractivity contribution in [2.45, 2.75) is 12.5 Å². The summed E-state index contributed by atoms with van der Waals surface area (Å²) < 4.78 is 0.939. The molecule has 0 aromatic heterocycles. The standard InChI is InChI=1S/C15H12BrNO/c16-12-7-6-11-8-14(10-4-2-1-3-5-10)17-15(18)13(11)9-12/h1-7,9,14H,8H2,(H,17,18)/t14-/m1/s1. The maximum atomic E-state index is 12.1. The van der Waals surface area contributed by atoms with Gasteiger partial charge in [-0.25, -0.2) is 0 Å². The van der Waals surface area contributed by atoms with E-state index in [0.29, 0.717) is 0 Å². The molecule has 90 valence electrons. The molecule has 2 aromatic rings. The van der Waals surface area contributed by atoms with Crippen molar-refractivity contribution in [1.82, 2.24) is 5.32 Å². The summed E-state index contributed by atoms with van der Waals surface area (Å²) in [5.41, 5.74) is 3.03. The molecule has 0 saturated heterocycles. The van der Waals surface area contributed by atoms with Crippen LogP contribution in [0, 0.1) is 0 Å². The Hall–Kier alpha value is -1.61. The van der Waals surface area contributed by atoms with Crippen LogP contribution in [-0.4, -0.2) is 5.91 Å². The van der Waals surface area contributed by atoms with Gasteiger partial charge in [0.25, 0.3) is 5.91 Å². The molecule has 1 N–H and O–H groups in total. The molecule has 0 bridgehead atoms. The second-order valence-electron chi connectivity index (χ2n) is 4.44. The van der Waals surface area contributed by atoms with E-state index in [-0.39, 0.29) is 11.9 Å². The largest absolute Gasteiger partial charge is 0.345 e. The predicted molar refractivity (Wildman–Crippen MR) is 74.5 cm³/mol. The number of hydrogen-bond acceptors (Lipinski definition) is 1. The molecule has 1 amide bonds. The number of carbonyl (C=O) groups excluding carboxylic acids is 1. The summed E-state index contributed by atoms with van der Waals surface area (Å²) in [5, 5.41) is 3.06. The lowest BCUT2D eigenvalue weighted by atomic mass is 9.91. The van der Waals surface area contributed by atoms with Crippen LogP contribution in [0.4, 0.5) is 0 Å². The minimum Gasteiger partial charge on any atom is -0.345 e. The van der Waals surface area contributed by atoms with Gasteiger partial charge < -0.3 is 5.32 Å². The molecule has 1 heterocycles. The van der Waals surface area contributed by atoms with Crippen LogP contribution in [-0.2, 0) is 6.42 Å². The molecule has 0 aliphatic carbocycles. The van der Waals surface area contributed by atoms with Crippen LogP contribution in [0.2, 0.25) is 0 Å². The lowest BCUT2D eigenvalue weighted by molar-refractivity contribution is 0.0925. The topological polar surface area (TPSA) is 29.1 Å². The van der Waals surface area contributed by atoms with Crippen molar-refractivity contribution in [3.63, 3.8) is 0 Å². The zero-order valence-electron chi connectivity index (χ0n) is 9.69. The highest BCUT2D eigenvalue weighted by molar-refractivity contribution is 9.10. The van der Waals surface area contributed by atoms with Crippen LogP contribution < -0.4 is 5.32 Å². The summed E-state index contributed by atoms with van der Waals surface area (Å²) in [4.78, 5) is 12.1. The molecule has 3 heteroatoms. The second kappa shape index (κ2) is 4.58. The van der Waals surface area contributed by atoms with E-state index in [2.05, 4.69) is 33.4 Å². The molecule has 2 aromatic carbocycles. The van der Waals surface area contributed by atoms with Crippen molar-refractivity contribution in [3.8, 4) is 0 Å². The monoisotopic (exact) mass is 301 g/mol. The van der Waals surface area contributed by atoms with Gasteiger partial charge in [0.1, 0.15) is 0 Å². The van der Waals surface area contributed by atoms with Crippen molar-refractivity contribution in [1.29, 1.82) is 0 Å². The minimum absolute atomic E-state index is 0.00593. The Morgan fingerprint density at radius 1 is 1.11 bits per heavy atom. The molecular weight excluding hydrogens is 290 g/mol. The van der Waals surface area contributed by atoms with E-state index in [4.69, 9.17) is 0 Å². The number of fused-ring (bicyclic) bond motifs is 1. The molecule has 18 heavy (non-hydrogen) atoms. The van der Waals surface area contributed by atoms with Gasteiger partial charge in [0.2, 0.25) is 0 Å². The van der Waals surface area contributed by atoms with E-state index >= 15 is 0 Å². The number of nitrogens with one attached hydrogen (secondary N) is 1. The van der Waals surface area contributed by atoms with Crippen LogP contribution in [0.5, 0.6) is 0 Å². The van der Waals surface area contributed by atoms with Crippen LogP contribution in [0.15, 0.2) is 53.0 Å². The van der Waals surface area contributed by atoms with E-state index in [1.54, 1.807) is 0 Å². The quantitative estimate of drug-likeness (QED) is 0.858. The lowest BCUT2D eigenvalue weighted by Crippen LogP contribution is -2.35. The predicted octanol–water partition coefficient (Wildman–Crippen LogP) is 3.48. The van der Waals surface area contributed by atoms with Crippen LogP contribution >= 0.6 is 15.9 Å². The Morgan fingerprint density at radius 2 is 1.89 bits per heavy atom. The molecule has 2 nitrogen and oxygen atoms in total. The van der Waals surface area contributed by atoms with Gasteiger partial charge in [-0.2, -0.15) is 0 Å². The molecule has 1 aliphatic heterocycles. The molecule has 0 spiro atoms. The van der Waals surface area contributed by atoms with Crippen LogP contribution in [0.1, 0.15) is 27.5 Å². The average molecular weight is 302 g/mol. The van der Waals surface area contributed by atoms with Gasteiger partial charge in [0, 0.05) is 10.0 Å². The first kappa shape index (κ1) is 11.5. The van der Waals surface area contributed by atoms with Gasteiger partial charge in [0.05, 0.1) is 6.04 Å². The van der Waals surface area contributed by atoms with Gasteiger partial charge in [-0.3, -0.25) is 4.79 Å². The van der Waals surface area contributed by atoms with E-state index < -0.39 is 0 Å². The molecule has 0 radical (unpaired) electrons. The third-order valence-electron chi connectivity index (χ3n) is 3.25. The fraction of sp³-hybridized carbons (Fsp3) is 0.133. The van der Waals surface area contributed by atoms with E-state index in [0.717, 1.165) is 27.6 Å². The van der Waals surface area contributed by atoms with Crippen molar-refractivity contribution in [3.05, 3.63) is 69.7 Å². The normalized spacial score (nSPS) is 18.1. The number of hydrogen-bond donors (Lipinski definition) is 1. The van der Waals surface area contributed by atoms with Crippen molar-refractivity contribution in [2.75, 3.05) is 0 Å². The molecule has 1 aliphatic rings. The number of amides is 1. The summed E-state index contributed by atoms with van der Waals surface area (Å²) in [6, 6.07) is 16.0. The highest BCUT2D eigenvalue weighted by atomic mass is 79.9. The fourth-order valence-corrected chi connectivity index (χ4v) is 2.69. The molecular formula is C15H12BrNO. The van der Waals surface area contributed by atoms with Gasteiger partial charge >= 0.3 is 0 Å². The van der Waals surface area contributed by atoms with Crippen molar-refractivity contribution >= 4 is 21.8 Å². The Balaban J connectivity index is 1.97. The maximum absolute atomic E-state index is 12.1. The summed E-state index contributed by atoms with van der Waals surface area (Å²) >= 11 is 3.40. The Morgan fingerprint density at radius 3 is 2.67 bits per heavy atom. The minimum atomic E-state index is 0.00593. The first-order chi connectivity index (χ1) is 8.74. The van der Waals surface area contributed by atoms with Crippen LogP contribution in [0.25, 0.3) is 0 Å². The zero-order chi connectivity index (χ0) is 12.5. The third kappa shape index (κ3) is 2.06. The smallest absolute Gasteiger partial charge is 0.252 e. The van der Waals surface area contributed by atoms with Gasteiger partial charge in [0.15, 0.2) is 0 Å². The van der Waals surface area contributed by atoms with Crippen LogP contribution in [0.3, 0.4) is 0 Å². The second-order valence-corrected chi connectivity index (χ2v) is 5.36. The van der Waals surface area contributed by atoms with Crippen molar-refractivity contribution in [2.24, 2.45) is 0 Å². The highest BCUT2D eigenvalue weighted by Crippen LogP contribution is 2.27. The first-order valence-electron chi connectivity index (χ1n) is 5.88. The molecule has 1 atom stereocenters. The summed E-state index contributed by atoms with van der Waals surface area (Å²) in [6.45, 7) is 0. The summed E-state index contributed by atoms with van der Waals surface area (Å²) in [5.74, 6) is 0.00593. The van der Waals surface area contributed by atoms with Gasteiger partial charge in [-0.05, 0) is 29.7 Å². The Labute approximate surface area is 114 Å². The molecule has 0 saturated carbocycles.